The van der Waals surface area contributed by atoms with Crippen LogP contribution in [0.3, 0.4) is 0 Å². The van der Waals surface area contributed by atoms with Gasteiger partial charge >= 0.3 is 6.36 Å². The van der Waals surface area contributed by atoms with E-state index in [-0.39, 0.29) is 16.0 Å². The second-order valence-corrected chi connectivity index (χ2v) is 6.63. The molecule has 0 saturated heterocycles. The van der Waals surface area contributed by atoms with Gasteiger partial charge in [-0.25, -0.2) is 0 Å². The van der Waals surface area contributed by atoms with E-state index in [4.69, 9.17) is 0 Å². The number of rotatable bonds is 4. The van der Waals surface area contributed by atoms with Crippen molar-refractivity contribution in [2.24, 2.45) is 5.41 Å². The molecule has 0 saturated carbocycles. The maximum atomic E-state index is 12.3. The SMILES string of the molecule is CC(C)(C)C(Br)CCc1ccccc1OC(F)(F)F. The number of para-hydroxylation sites is 1. The summed E-state index contributed by atoms with van der Waals surface area (Å²) >= 11 is 3.58. The highest BCUT2D eigenvalue weighted by molar-refractivity contribution is 9.09. The molecule has 0 N–H and O–H groups in total. The normalized spacial score (nSPS) is 14.3. The Morgan fingerprint density at radius 3 is 2.26 bits per heavy atom. The molecule has 0 spiro atoms. The van der Waals surface area contributed by atoms with Crippen LogP contribution in [0.2, 0.25) is 0 Å². The zero-order valence-electron chi connectivity index (χ0n) is 11.2. The fourth-order valence-corrected chi connectivity index (χ4v) is 1.88. The lowest BCUT2D eigenvalue weighted by Gasteiger charge is -2.25. The Bertz CT molecular complexity index is 410. The Balaban J connectivity index is 2.74. The number of hydrogen-bond acceptors (Lipinski definition) is 1. The number of hydrogen-bond donors (Lipinski definition) is 0. The lowest BCUT2D eigenvalue weighted by atomic mass is 9.88. The molecule has 19 heavy (non-hydrogen) atoms. The minimum atomic E-state index is -4.64. The number of aryl methyl sites for hydroxylation is 1. The number of ether oxygens (including phenoxy) is 1. The van der Waals surface area contributed by atoms with Crippen molar-refractivity contribution in [3.8, 4) is 5.75 Å². The van der Waals surface area contributed by atoms with Gasteiger partial charge in [-0.2, -0.15) is 0 Å². The van der Waals surface area contributed by atoms with Gasteiger partial charge in [-0.15, -0.1) is 13.2 Å². The van der Waals surface area contributed by atoms with Gasteiger partial charge < -0.3 is 4.74 Å². The topological polar surface area (TPSA) is 9.23 Å². The van der Waals surface area contributed by atoms with E-state index in [2.05, 4.69) is 41.4 Å². The Kier molecular flexibility index (Phi) is 5.30. The monoisotopic (exact) mass is 338 g/mol. The van der Waals surface area contributed by atoms with Gasteiger partial charge in [0, 0.05) is 4.83 Å². The molecule has 1 nitrogen and oxygen atoms in total. The maximum absolute atomic E-state index is 12.3. The van der Waals surface area contributed by atoms with Crippen LogP contribution in [0.5, 0.6) is 5.75 Å². The predicted molar refractivity (Wildman–Crippen MR) is 73.6 cm³/mol. The molecule has 108 valence electrons. The van der Waals surface area contributed by atoms with Crippen molar-refractivity contribution in [1.29, 1.82) is 0 Å². The molecule has 0 aliphatic rings. The van der Waals surface area contributed by atoms with Crippen molar-refractivity contribution in [3.05, 3.63) is 29.8 Å². The first-order chi connectivity index (χ1) is 8.59. The quantitative estimate of drug-likeness (QED) is 0.674. The van der Waals surface area contributed by atoms with Crippen LogP contribution < -0.4 is 4.74 Å². The minimum Gasteiger partial charge on any atom is -0.406 e. The third kappa shape index (κ3) is 5.85. The van der Waals surface area contributed by atoms with Crippen molar-refractivity contribution >= 4 is 15.9 Å². The standard InChI is InChI=1S/C14H18BrF3O/c1-13(2,3)12(15)9-8-10-6-4-5-7-11(10)19-14(16,17)18/h4-7,12H,8-9H2,1-3H3. The largest absolute Gasteiger partial charge is 0.573 e. The predicted octanol–water partition coefficient (Wildman–Crippen LogP) is 5.33. The van der Waals surface area contributed by atoms with Crippen molar-refractivity contribution in [1.82, 2.24) is 0 Å². The van der Waals surface area contributed by atoms with Gasteiger partial charge in [0.25, 0.3) is 0 Å². The third-order valence-electron chi connectivity index (χ3n) is 2.81. The smallest absolute Gasteiger partial charge is 0.406 e. The molecule has 0 amide bonds. The van der Waals surface area contributed by atoms with Crippen molar-refractivity contribution in [2.75, 3.05) is 0 Å². The fourth-order valence-electron chi connectivity index (χ4n) is 1.65. The summed E-state index contributed by atoms with van der Waals surface area (Å²) in [4.78, 5) is 0.235. The van der Waals surface area contributed by atoms with Crippen LogP contribution in [-0.4, -0.2) is 11.2 Å². The molecule has 0 radical (unpaired) electrons. The zero-order valence-corrected chi connectivity index (χ0v) is 12.8. The molecule has 0 fully saturated rings. The van der Waals surface area contributed by atoms with Crippen LogP contribution in [0, 0.1) is 5.41 Å². The highest BCUT2D eigenvalue weighted by Gasteiger charge is 2.32. The molecular weight excluding hydrogens is 321 g/mol. The highest BCUT2D eigenvalue weighted by Crippen LogP contribution is 2.32. The molecule has 1 atom stereocenters. The van der Waals surface area contributed by atoms with E-state index in [9.17, 15) is 13.2 Å². The first-order valence-electron chi connectivity index (χ1n) is 6.07. The number of alkyl halides is 4. The van der Waals surface area contributed by atoms with E-state index in [1.165, 1.54) is 6.07 Å². The average Bonchev–Trinajstić information content (AvgIpc) is 2.24. The summed E-state index contributed by atoms with van der Waals surface area (Å²) in [5.41, 5.74) is 0.647. The molecule has 0 bridgehead atoms. The molecule has 0 aliphatic heterocycles. The second-order valence-electron chi connectivity index (χ2n) is 5.53. The Hall–Kier alpha value is -0.710. The molecular formula is C14H18BrF3O. The maximum Gasteiger partial charge on any atom is 0.573 e. The van der Waals surface area contributed by atoms with E-state index >= 15 is 0 Å². The van der Waals surface area contributed by atoms with Crippen LogP contribution in [0.1, 0.15) is 32.8 Å². The highest BCUT2D eigenvalue weighted by atomic mass is 79.9. The summed E-state index contributed by atoms with van der Waals surface area (Å²) in [6, 6.07) is 6.28. The molecule has 1 unspecified atom stereocenters. The third-order valence-corrected chi connectivity index (χ3v) is 4.64. The van der Waals surface area contributed by atoms with Crippen LogP contribution in [0.15, 0.2) is 24.3 Å². The van der Waals surface area contributed by atoms with Crippen LogP contribution >= 0.6 is 15.9 Å². The summed E-state index contributed by atoms with van der Waals surface area (Å²) in [6.07, 6.45) is -3.35. The summed E-state index contributed by atoms with van der Waals surface area (Å²) in [5.74, 6) is -0.108. The zero-order chi connectivity index (χ0) is 14.7. The average molecular weight is 339 g/mol. The lowest BCUT2D eigenvalue weighted by molar-refractivity contribution is -0.274. The molecule has 0 aliphatic carbocycles. The molecule has 0 heterocycles. The van der Waals surface area contributed by atoms with Gasteiger partial charge in [-0.1, -0.05) is 54.9 Å². The Morgan fingerprint density at radius 2 is 1.74 bits per heavy atom. The van der Waals surface area contributed by atoms with Gasteiger partial charge in [0.1, 0.15) is 5.75 Å². The molecule has 1 aromatic rings. The van der Waals surface area contributed by atoms with Gasteiger partial charge in [-0.05, 0) is 29.9 Å². The fraction of sp³-hybridized carbons (Fsp3) is 0.571. The van der Waals surface area contributed by atoms with Crippen LogP contribution in [0.25, 0.3) is 0 Å². The molecule has 1 aromatic carbocycles. The van der Waals surface area contributed by atoms with E-state index < -0.39 is 6.36 Å². The number of benzene rings is 1. The first-order valence-corrected chi connectivity index (χ1v) is 6.99. The Labute approximate surface area is 120 Å². The van der Waals surface area contributed by atoms with Crippen molar-refractivity contribution < 1.29 is 17.9 Å². The van der Waals surface area contributed by atoms with Gasteiger partial charge in [0.05, 0.1) is 0 Å². The minimum absolute atomic E-state index is 0.0693. The summed E-state index contributed by atoms with van der Waals surface area (Å²) in [6.45, 7) is 6.26. The summed E-state index contributed by atoms with van der Waals surface area (Å²) in [5, 5.41) is 0. The van der Waals surface area contributed by atoms with Crippen LogP contribution in [-0.2, 0) is 6.42 Å². The second kappa shape index (κ2) is 6.16. The Morgan fingerprint density at radius 1 is 1.16 bits per heavy atom. The van der Waals surface area contributed by atoms with Gasteiger partial charge in [0.15, 0.2) is 0 Å². The van der Waals surface area contributed by atoms with Gasteiger partial charge in [0.2, 0.25) is 0 Å². The van der Waals surface area contributed by atoms with E-state index in [0.29, 0.717) is 12.0 Å². The van der Waals surface area contributed by atoms with E-state index in [1.54, 1.807) is 18.2 Å². The van der Waals surface area contributed by atoms with E-state index in [0.717, 1.165) is 6.42 Å². The first kappa shape index (κ1) is 16.3. The van der Waals surface area contributed by atoms with Crippen molar-refractivity contribution in [3.63, 3.8) is 0 Å². The summed E-state index contributed by atoms with van der Waals surface area (Å²) in [7, 11) is 0. The molecule has 0 aromatic heterocycles. The summed E-state index contributed by atoms with van der Waals surface area (Å²) < 4.78 is 40.9. The van der Waals surface area contributed by atoms with E-state index in [1.807, 2.05) is 0 Å². The molecule has 1 rings (SSSR count). The molecule has 5 heteroatoms. The number of halogens is 4. The van der Waals surface area contributed by atoms with Crippen LogP contribution in [0.4, 0.5) is 13.2 Å². The van der Waals surface area contributed by atoms with Gasteiger partial charge in [-0.3, -0.25) is 0 Å². The lowest BCUT2D eigenvalue weighted by Crippen LogP contribution is -2.21. The van der Waals surface area contributed by atoms with Crippen molar-refractivity contribution in [2.45, 2.75) is 44.8 Å².